The normalized spacial score (nSPS) is 15.2. The van der Waals surface area contributed by atoms with Gasteiger partial charge in [-0.05, 0) is 49.2 Å². The number of carbonyl (C=O) groups is 1. The topological polar surface area (TPSA) is 66.0 Å². The predicted molar refractivity (Wildman–Crippen MR) is 99.7 cm³/mol. The lowest BCUT2D eigenvalue weighted by Gasteiger charge is -2.27. The van der Waals surface area contributed by atoms with Gasteiger partial charge in [-0.25, -0.2) is 0 Å². The summed E-state index contributed by atoms with van der Waals surface area (Å²) >= 11 is 0. The average Bonchev–Trinajstić information content (AvgIpc) is 2.71. The van der Waals surface area contributed by atoms with Crippen LogP contribution in [0.4, 0.5) is 0 Å². The van der Waals surface area contributed by atoms with Crippen LogP contribution in [-0.2, 0) is 16.8 Å². The zero-order chi connectivity index (χ0) is 18.9. The standard InChI is InChI=1S/C21H23NO5/c1-21(2,15-4-6-17-19(12-15)27-10-8-25-17)20(23)22-13-14-3-5-16-18(11-14)26-9-7-24-16/h3-6,11-12H,7-10,13H2,1-2H3,(H,22,23). The Morgan fingerprint density at radius 3 is 2.07 bits per heavy atom. The van der Waals surface area contributed by atoms with Crippen molar-refractivity contribution in [3.05, 3.63) is 47.5 Å². The molecule has 27 heavy (non-hydrogen) atoms. The summed E-state index contributed by atoms with van der Waals surface area (Å²) in [5.74, 6) is 2.81. The van der Waals surface area contributed by atoms with Crippen molar-refractivity contribution < 1.29 is 23.7 Å². The highest BCUT2D eigenvalue weighted by Crippen LogP contribution is 2.35. The van der Waals surface area contributed by atoms with E-state index in [-0.39, 0.29) is 5.91 Å². The van der Waals surface area contributed by atoms with Gasteiger partial charge in [0.15, 0.2) is 23.0 Å². The Hall–Kier alpha value is -2.89. The van der Waals surface area contributed by atoms with Crippen molar-refractivity contribution in [3.8, 4) is 23.0 Å². The lowest BCUT2D eigenvalue weighted by Crippen LogP contribution is -2.39. The Balaban J connectivity index is 1.45. The fourth-order valence-electron chi connectivity index (χ4n) is 3.16. The number of ether oxygens (including phenoxy) is 4. The van der Waals surface area contributed by atoms with Crippen molar-refractivity contribution in [2.75, 3.05) is 26.4 Å². The third-order valence-electron chi connectivity index (χ3n) is 4.89. The Labute approximate surface area is 158 Å². The van der Waals surface area contributed by atoms with E-state index in [1.54, 1.807) is 0 Å². The minimum atomic E-state index is -0.705. The van der Waals surface area contributed by atoms with E-state index in [1.165, 1.54) is 0 Å². The fourth-order valence-corrected chi connectivity index (χ4v) is 3.16. The van der Waals surface area contributed by atoms with Crippen molar-refractivity contribution >= 4 is 5.91 Å². The molecule has 2 aliphatic heterocycles. The average molecular weight is 369 g/mol. The van der Waals surface area contributed by atoms with Gasteiger partial charge in [0.05, 0.1) is 5.41 Å². The third kappa shape index (κ3) is 3.52. The monoisotopic (exact) mass is 369 g/mol. The molecule has 0 bridgehead atoms. The molecule has 0 unspecified atom stereocenters. The summed E-state index contributed by atoms with van der Waals surface area (Å²) in [6.45, 7) is 6.39. The molecule has 1 amide bonds. The Morgan fingerprint density at radius 1 is 0.852 bits per heavy atom. The lowest BCUT2D eigenvalue weighted by atomic mass is 9.83. The third-order valence-corrected chi connectivity index (χ3v) is 4.89. The van der Waals surface area contributed by atoms with Crippen LogP contribution < -0.4 is 24.3 Å². The maximum atomic E-state index is 12.9. The van der Waals surface area contributed by atoms with Crippen LogP contribution >= 0.6 is 0 Å². The van der Waals surface area contributed by atoms with Crippen LogP contribution in [0.1, 0.15) is 25.0 Å². The first-order valence-corrected chi connectivity index (χ1v) is 9.11. The minimum absolute atomic E-state index is 0.0610. The van der Waals surface area contributed by atoms with Crippen molar-refractivity contribution in [2.24, 2.45) is 0 Å². The second-order valence-corrected chi connectivity index (χ2v) is 7.14. The molecular formula is C21H23NO5. The SMILES string of the molecule is CC(C)(C(=O)NCc1ccc2c(c1)OCCO2)c1ccc2c(c1)OCCO2. The molecule has 2 aromatic carbocycles. The summed E-state index contributed by atoms with van der Waals surface area (Å²) in [7, 11) is 0. The number of carbonyl (C=O) groups excluding carboxylic acids is 1. The van der Waals surface area contributed by atoms with Crippen LogP contribution in [0.5, 0.6) is 23.0 Å². The molecule has 0 saturated heterocycles. The fraction of sp³-hybridized carbons (Fsp3) is 0.381. The first-order chi connectivity index (χ1) is 13.0. The maximum absolute atomic E-state index is 12.9. The van der Waals surface area contributed by atoms with Crippen molar-refractivity contribution in [3.63, 3.8) is 0 Å². The predicted octanol–water partition coefficient (Wildman–Crippen LogP) is 2.82. The summed E-state index contributed by atoms with van der Waals surface area (Å²) in [4.78, 5) is 12.9. The highest BCUT2D eigenvalue weighted by molar-refractivity contribution is 5.87. The van der Waals surface area contributed by atoms with Crippen LogP contribution in [-0.4, -0.2) is 32.3 Å². The molecule has 0 atom stereocenters. The quantitative estimate of drug-likeness (QED) is 0.898. The molecule has 4 rings (SSSR count). The number of benzene rings is 2. The van der Waals surface area contributed by atoms with E-state index in [2.05, 4.69) is 5.32 Å². The van der Waals surface area contributed by atoms with Gasteiger partial charge in [-0.1, -0.05) is 12.1 Å². The van der Waals surface area contributed by atoms with E-state index in [1.807, 2.05) is 50.2 Å². The summed E-state index contributed by atoms with van der Waals surface area (Å²) < 4.78 is 22.3. The molecule has 1 N–H and O–H groups in total. The molecule has 0 spiro atoms. The largest absolute Gasteiger partial charge is 0.486 e. The van der Waals surface area contributed by atoms with Crippen molar-refractivity contribution in [1.29, 1.82) is 0 Å². The van der Waals surface area contributed by atoms with E-state index in [0.29, 0.717) is 38.7 Å². The van der Waals surface area contributed by atoms with Crippen LogP contribution in [0.25, 0.3) is 0 Å². The zero-order valence-corrected chi connectivity index (χ0v) is 15.5. The first kappa shape index (κ1) is 17.5. The number of fused-ring (bicyclic) bond motifs is 2. The number of hydrogen-bond acceptors (Lipinski definition) is 5. The number of amides is 1. The number of nitrogens with one attached hydrogen (secondary N) is 1. The van der Waals surface area contributed by atoms with Crippen LogP contribution in [0, 0.1) is 0 Å². The molecule has 6 heteroatoms. The van der Waals surface area contributed by atoms with Crippen LogP contribution in [0.15, 0.2) is 36.4 Å². The molecule has 142 valence electrons. The van der Waals surface area contributed by atoms with Gasteiger partial charge in [0.2, 0.25) is 5.91 Å². The summed E-state index contributed by atoms with van der Waals surface area (Å²) in [5, 5.41) is 3.02. The smallest absolute Gasteiger partial charge is 0.230 e. The molecular weight excluding hydrogens is 346 g/mol. The minimum Gasteiger partial charge on any atom is -0.486 e. The highest BCUT2D eigenvalue weighted by Gasteiger charge is 2.31. The van der Waals surface area contributed by atoms with Crippen molar-refractivity contribution in [2.45, 2.75) is 25.8 Å². The van der Waals surface area contributed by atoms with Gasteiger partial charge in [0, 0.05) is 6.54 Å². The molecule has 0 aromatic heterocycles. The van der Waals surface area contributed by atoms with Gasteiger partial charge in [0.25, 0.3) is 0 Å². The van der Waals surface area contributed by atoms with Gasteiger partial charge in [-0.3, -0.25) is 4.79 Å². The van der Waals surface area contributed by atoms with E-state index < -0.39 is 5.41 Å². The van der Waals surface area contributed by atoms with E-state index in [9.17, 15) is 4.79 Å². The molecule has 6 nitrogen and oxygen atoms in total. The zero-order valence-electron chi connectivity index (χ0n) is 15.5. The number of hydrogen-bond donors (Lipinski definition) is 1. The van der Waals surface area contributed by atoms with E-state index >= 15 is 0 Å². The molecule has 2 aromatic rings. The maximum Gasteiger partial charge on any atom is 0.230 e. The van der Waals surface area contributed by atoms with Crippen molar-refractivity contribution in [1.82, 2.24) is 5.32 Å². The summed E-state index contributed by atoms with van der Waals surface area (Å²) in [5.41, 5.74) is 1.14. The van der Waals surface area contributed by atoms with E-state index in [0.717, 1.165) is 28.4 Å². The molecule has 0 saturated carbocycles. The molecule has 0 fully saturated rings. The van der Waals surface area contributed by atoms with Crippen LogP contribution in [0.2, 0.25) is 0 Å². The van der Waals surface area contributed by atoms with Gasteiger partial charge >= 0.3 is 0 Å². The summed E-state index contributed by atoms with van der Waals surface area (Å²) in [6, 6.07) is 11.4. The molecule has 0 radical (unpaired) electrons. The van der Waals surface area contributed by atoms with Gasteiger partial charge in [-0.15, -0.1) is 0 Å². The lowest BCUT2D eigenvalue weighted by molar-refractivity contribution is -0.125. The van der Waals surface area contributed by atoms with Crippen LogP contribution in [0.3, 0.4) is 0 Å². The first-order valence-electron chi connectivity index (χ1n) is 9.11. The highest BCUT2D eigenvalue weighted by atomic mass is 16.6. The Bertz CT molecular complexity index is 862. The number of rotatable bonds is 4. The molecule has 2 aliphatic rings. The Morgan fingerprint density at radius 2 is 1.41 bits per heavy atom. The Kier molecular flexibility index (Phi) is 4.56. The van der Waals surface area contributed by atoms with E-state index in [4.69, 9.17) is 18.9 Å². The second-order valence-electron chi connectivity index (χ2n) is 7.14. The molecule has 0 aliphatic carbocycles. The van der Waals surface area contributed by atoms with Gasteiger partial charge in [-0.2, -0.15) is 0 Å². The molecule has 2 heterocycles. The van der Waals surface area contributed by atoms with Gasteiger partial charge < -0.3 is 24.3 Å². The summed E-state index contributed by atoms with van der Waals surface area (Å²) in [6.07, 6.45) is 0. The van der Waals surface area contributed by atoms with Gasteiger partial charge in [0.1, 0.15) is 26.4 Å². The second kappa shape index (κ2) is 7.02.